The molecule has 2 N–H and O–H groups in total. The minimum atomic E-state index is -0.517. The number of anilines is 1. The van der Waals surface area contributed by atoms with E-state index in [9.17, 15) is 5.11 Å². The Kier molecular flexibility index (Phi) is 6.46. The maximum atomic E-state index is 16.8. The molecule has 5 atom stereocenters. The Morgan fingerprint density at radius 2 is 1.95 bits per heavy atom. The van der Waals surface area contributed by atoms with Gasteiger partial charge in [0, 0.05) is 51.9 Å². The minimum Gasteiger partial charge on any atom is -0.508 e. The number of hydrogen-bond acceptors (Lipinski definition) is 8. The third-order valence-corrected chi connectivity index (χ3v) is 12.0. The van der Waals surface area contributed by atoms with Crippen LogP contribution in [-0.2, 0) is 0 Å². The lowest BCUT2D eigenvalue weighted by Gasteiger charge is -2.35. The highest BCUT2D eigenvalue weighted by molar-refractivity contribution is 14.1. The van der Waals surface area contributed by atoms with Gasteiger partial charge in [-0.1, -0.05) is 18.6 Å². The molecule has 228 valence electrons. The van der Waals surface area contributed by atoms with Gasteiger partial charge < -0.3 is 20.1 Å². The Balaban J connectivity index is 1.16. The summed E-state index contributed by atoms with van der Waals surface area (Å²) in [7, 11) is 0. The summed E-state index contributed by atoms with van der Waals surface area (Å²) in [4.78, 5) is 19.4. The summed E-state index contributed by atoms with van der Waals surface area (Å²) in [5, 5.41) is 16.5. The fourth-order valence-electron chi connectivity index (χ4n) is 9.30. The van der Waals surface area contributed by atoms with Crippen LogP contribution in [0.2, 0.25) is 0 Å². The van der Waals surface area contributed by atoms with Crippen LogP contribution in [0.4, 0.5) is 10.2 Å². The molecular formula is C34H36FIN6O2. The molecule has 8 nitrogen and oxygen atoms in total. The highest BCUT2D eigenvalue weighted by atomic mass is 127. The number of piperazine rings is 1. The zero-order valence-corrected chi connectivity index (χ0v) is 26.8. The van der Waals surface area contributed by atoms with E-state index >= 15 is 4.39 Å². The summed E-state index contributed by atoms with van der Waals surface area (Å²) in [6.45, 7) is 3.29. The largest absolute Gasteiger partial charge is 0.508 e. The van der Waals surface area contributed by atoms with E-state index in [1.54, 1.807) is 18.3 Å². The molecule has 10 heteroatoms. The number of ether oxygens (including phenoxy) is 1. The molecule has 44 heavy (non-hydrogen) atoms. The Bertz CT molecular complexity index is 1790. The van der Waals surface area contributed by atoms with Gasteiger partial charge in [0.15, 0.2) is 5.82 Å². The molecule has 0 amide bonds. The van der Waals surface area contributed by atoms with Crippen molar-refractivity contribution in [3.05, 3.63) is 45.9 Å². The van der Waals surface area contributed by atoms with Crippen molar-refractivity contribution in [3.63, 3.8) is 0 Å². The molecular weight excluding hydrogens is 670 g/mol. The lowest BCUT2D eigenvalue weighted by atomic mass is 9.90. The topological polar surface area (TPSA) is 86.6 Å². The number of fused-ring (bicyclic) bond motifs is 7. The molecule has 2 aromatic carbocycles. The van der Waals surface area contributed by atoms with E-state index in [-0.39, 0.29) is 28.5 Å². The number of nitrogens with zero attached hydrogens (tertiary/aromatic N) is 5. The van der Waals surface area contributed by atoms with E-state index in [1.807, 2.05) is 18.2 Å². The van der Waals surface area contributed by atoms with E-state index in [0.29, 0.717) is 41.5 Å². The van der Waals surface area contributed by atoms with Gasteiger partial charge >= 0.3 is 6.01 Å². The van der Waals surface area contributed by atoms with Gasteiger partial charge in [-0.25, -0.2) is 4.39 Å². The Hall–Kier alpha value is -2.83. The molecule has 0 spiro atoms. The zero-order valence-electron chi connectivity index (χ0n) is 24.6. The van der Waals surface area contributed by atoms with Crippen LogP contribution in [0.1, 0.15) is 51.4 Å². The van der Waals surface area contributed by atoms with Crippen molar-refractivity contribution in [2.75, 3.05) is 31.1 Å². The second-order valence-electron chi connectivity index (χ2n) is 13.7. The predicted molar refractivity (Wildman–Crippen MR) is 177 cm³/mol. The first kappa shape index (κ1) is 27.5. The normalized spacial score (nSPS) is 29.5. The van der Waals surface area contributed by atoms with Gasteiger partial charge in [0.05, 0.1) is 10.9 Å². The third-order valence-electron chi connectivity index (χ3n) is 11.1. The van der Waals surface area contributed by atoms with Crippen LogP contribution >= 0.6 is 22.6 Å². The summed E-state index contributed by atoms with van der Waals surface area (Å²) >= 11 is 2.26. The molecule has 9 rings (SSSR count). The first-order valence-electron chi connectivity index (χ1n) is 16.1. The maximum absolute atomic E-state index is 16.8. The minimum absolute atomic E-state index is 0.0293. The molecule has 2 bridgehead atoms. The van der Waals surface area contributed by atoms with E-state index in [0.717, 1.165) is 59.2 Å². The molecule has 1 saturated carbocycles. The number of phenols is 1. The van der Waals surface area contributed by atoms with Crippen molar-refractivity contribution < 1.29 is 14.2 Å². The number of pyridine rings is 1. The molecule has 6 heterocycles. The first-order chi connectivity index (χ1) is 21.5. The van der Waals surface area contributed by atoms with Crippen LogP contribution in [0.15, 0.2) is 36.5 Å². The van der Waals surface area contributed by atoms with E-state index in [4.69, 9.17) is 14.7 Å². The number of benzene rings is 2. The van der Waals surface area contributed by atoms with E-state index < -0.39 is 5.82 Å². The summed E-state index contributed by atoms with van der Waals surface area (Å²) in [5.74, 6) is 1.01. The molecule has 4 aliphatic heterocycles. The monoisotopic (exact) mass is 706 g/mol. The fraction of sp³-hybridized carbons (Fsp3) is 0.500. The van der Waals surface area contributed by atoms with Crippen LogP contribution in [0.3, 0.4) is 0 Å². The van der Waals surface area contributed by atoms with Gasteiger partial charge in [-0.05, 0) is 104 Å². The smallest absolute Gasteiger partial charge is 0.319 e. The SMILES string of the molecule is Oc1cc(-c2ncc3c(N4CC5CCC(C4)N5)nc(OCC45CCCN4[C@H]4CCC[C@H]4C5)nc3c2F)c2c(I)cccc2c1. The summed E-state index contributed by atoms with van der Waals surface area (Å²) < 4.78 is 24.3. The van der Waals surface area contributed by atoms with Crippen LogP contribution in [0, 0.1) is 15.3 Å². The average molecular weight is 707 g/mol. The standard InChI is InChI=1S/C34H36FIN6O2/c35-29-30(24-13-23(43)12-19-4-1-6-26(36)28(19)24)37-15-25-31(29)39-33(40-32(25)41-16-21-8-9-22(17-41)38-21)44-18-34-10-3-11-42(34)27-7-2-5-20(27)14-34/h1,4,6,12-13,15,20-22,27,38,43H,2-3,5,7-11,14,16-18H2/t20-,21?,22?,27-,34?/m0/s1. The third kappa shape index (κ3) is 4.30. The molecule has 4 aromatic rings. The molecule has 0 radical (unpaired) electrons. The number of aromatic hydroxyl groups is 1. The van der Waals surface area contributed by atoms with Crippen molar-refractivity contribution in [1.82, 2.24) is 25.2 Å². The Morgan fingerprint density at radius 1 is 1.09 bits per heavy atom. The number of hydrogen-bond donors (Lipinski definition) is 2. The second-order valence-corrected chi connectivity index (χ2v) is 14.8. The molecule has 5 fully saturated rings. The summed E-state index contributed by atoms with van der Waals surface area (Å²) in [6.07, 6.45) is 11.4. The van der Waals surface area contributed by atoms with Gasteiger partial charge in [0.25, 0.3) is 0 Å². The highest BCUT2D eigenvalue weighted by Crippen LogP contribution is 2.51. The van der Waals surface area contributed by atoms with Crippen molar-refractivity contribution in [2.45, 2.75) is 75.0 Å². The number of aromatic nitrogens is 3. The number of phenolic OH excluding ortho intramolecular Hbond substituents is 1. The molecule has 5 aliphatic rings. The van der Waals surface area contributed by atoms with Gasteiger partial charge in [-0.15, -0.1) is 0 Å². The summed E-state index contributed by atoms with van der Waals surface area (Å²) in [5.41, 5.74) is 0.960. The van der Waals surface area contributed by atoms with Gasteiger partial charge in [-0.3, -0.25) is 9.88 Å². The van der Waals surface area contributed by atoms with Crippen molar-refractivity contribution in [3.8, 4) is 23.0 Å². The van der Waals surface area contributed by atoms with Crippen molar-refractivity contribution in [1.29, 1.82) is 0 Å². The Labute approximate surface area is 269 Å². The van der Waals surface area contributed by atoms with Gasteiger partial charge in [0.2, 0.25) is 0 Å². The molecule has 2 aromatic heterocycles. The molecule has 4 saturated heterocycles. The zero-order chi connectivity index (χ0) is 29.6. The van der Waals surface area contributed by atoms with Gasteiger partial charge in [0.1, 0.15) is 29.4 Å². The van der Waals surface area contributed by atoms with Crippen LogP contribution in [0.5, 0.6) is 11.8 Å². The fourth-order valence-corrected chi connectivity index (χ4v) is 10.1. The lowest BCUT2D eigenvalue weighted by Crippen LogP contribution is -2.51. The quantitative estimate of drug-likeness (QED) is 0.244. The number of halogens is 2. The van der Waals surface area contributed by atoms with Crippen molar-refractivity contribution >= 4 is 50.1 Å². The maximum Gasteiger partial charge on any atom is 0.319 e. The Morgan fingerprint density at radius 3 is 2.82 bits per heavy atom. The molecule has 3 unspecified atom stereocenters. The van der Waals surface area contributed by atoms with Crippen LogP contribution in [-0.4, -0.2) is 74.9 Å². The second kappa shape index (κ2) is 10.3. The van der Waals surface area contributed by atoms with E-state index in [2.05, 4.69) is 42.7 Å². The first-order valence-corrected chi connectivity index (χ1v) is 17.2. The lowest BCUT2D eigenvalue weighted by molar-refractivity contribution is 0.0832. The van der Waals surface area contributed by atoms with Crippen molar-refractivity contribution in [2.24, 2.45) is 5.92 Å². The number of nitrogens with one attached hydrogen (secondary N) is 1. The number of rotatable bonds is 5. The average Bonchev–Trinajstić information content (AvgIpc) is 3.77. The van der Waals surface area contributed by atoms with Crippen LogP contribution in [0.25, 0.3) is 32.9 Å². The predicted octanol–water partition coefficient (Wildman–Crippen LogP) is 6.02. The van der Waals surface area contributed by atoms with E-state index in [1.165, 1.54) is 32.1 Å². The van der Waals surface area contributed by atoms with Crippen LogP contribution < -0.4 is 15.0 Å². The van der Waals surface area contributed by atoms with Gasteiger partial charge in [-0.2, -0.15) is 9.97 Å². The molecule has 1 aliphatic carbocycles. The highest BCUT2D eigenvalue weighted by Gasteiger charge is 2.55. The summed E-state index contributed by atoms with van der Waals surface area (Å²) in [6, 6.07) is 10.8.